The van der Waals surface area contributed by atoms with Gasteiger partial charge in [-0.3, -0.25) is 9.89 Å². The third kappa shape index (κ3) is 3.58. The lowest BCUT2D eigenvalue weighted by atomic mass is 10.3. The summed E-state index contributed by atoms with van der Waals surface area (Å²) in [6, 6.07) is 12.2. The Hall–Kier alpha value is -4.92. The molecule has 0 atom stereocenters. The predicted molar refractivity (Wildman–Crippen MR) is 106 cm³/mol. The van der Waals surface area contributed by atoms with Gasteiger partial charge in [-0.1, -0.05) is 18.2 Å². The van der Waals surface area contributed by atoms with Crippen molar-refractivity contribution in [1.82, 2.24) is 29.5 Å². The third-order valence-electron chi connectivity index (χ3n) is 4.12. The number of rotatable bonds is 5. The summed E-state index contributed by atoms with van der Waals surface area (Å²) < 4.78 is 7.08. The largest absolute Gasteiger partial charge is 0.464 e. The minimum Gasteiger partial charge on any atom is -0.464 e. The lowest BCUT2D eigenvalue weighted by Crippen LogP contribution is -2.13. The minimum atomic E-state index is -0.805. The van der Waals surface area contributed by atoms with Gasteiger partial charge in [0.15, 0.2) is 17.2 Å². The first-order chi connectivity index (χ1) is 15.1. The van der Waals surface area contributed by atoms with Crippen molar-refractivity contribution in [1.29, 1.82) is 5.26 Å². The molecule has 3 heterocycles. The number of benzene rings is 1. The zero-order valence-electron chi connectivity index (χ0n) is 16.0. The fraction of sp³-hybridized carbons (Fsp3) is 0.0526. The summed E-state index contributed by atoms with van der Waals surface area (Å²) in [6.45, 7) is 0. The molecule has 0 aliphatic rings. The van der Waals surface area contributed by atoms with Crippen LogP contribution in [0, 0.1) is 11.3 Å². The zero-order chi connectivity index (χ0) is 21.8. The third-order valence-corrected chi connectivity index (χ3v) is 4.12. The van der Waals surface area contributed by atoms with Crippen molar-refractivity contribution in [2.75, 3.05) is 7.11 Å². The van der Waals surface area contributed by atoms with Crippen molar-refractivity contribution < 1.29 is 9.53 Å². The van der Waals surface area contributed by atoms with E-state index >= 15 is 0 Å². The van der Waals surface area contributed by atoms with Crippen molar-refractivity contribution in [3.8, 4) is 17.7 Å². The Morgan fingerprint density at radius 2 is 1.90 bits per heavy atom. The lowest BCUT2D eigenvalue weighted by Gasteiger charge is -2.00. The van der Waals surface area contributed by atoms with Crippen LogP contribution >= 0.6 is 0 Å². The number of para-hydroxylation sites is 1. The Morgan fingerprint density at radius 1 is 1.16 bits per heavy atom. The van der Waals surface area contributed by atoms with Crippen molar-refractivity contribution in [2.24, 2.45) is 10.2 Å². The van der Waals surface area contributed by atoms with Gasteiger partial charge in [-0.15, -0.1) is 10.2 Å². The summed E-state index contributed by atoms with van der Waals surface area (Å²) in [4.78, 5) is 33.3. The molecular weight excluding hydrogens is 402 g/mol. The molecular formula is C19H13N9O3. The summed E-state index contributed by atoms with van der Waals surface area (Å²) in [5.41, 5.74) is -0.549. The number of nitrogens with one attached hydrogen (secondary N) is 1. The van der Waals surface area contributed by atoms with Crippen LogP contribution in [0.3, 0.4) is 0 Å². The van der Waals surface area contributed by atoms with Crippen LogP contribution in [0.15, 0.2) is 70.0 Å². The van der Waals surface area contributed by atoms with Crippen LogP contribution in [-0.2, 0) is 4.74 Å². The number of esters is 1. The van der Waals surface area contributed by atoms with Crippen LogP contribution in [0.1, 0.15) is 16.1 Å². The zero-order valence-corrected chi connectivity index (χ0v) is 16.0. The molecule has 3 aromatic heterocycles. The highest BCUT2D eigenvalue weighted by molar-refractivity contribution is 5.92. The highest BCUT2D eigenvalue weighted by Crippen LogP contribution is 2.24. The van der Waals surface area contributed by atoms with Gasteiger partial charge in [-0.2, -0.15) is 15.0 Å². The van der Waals surface area contributed by atoms with Gasteiger partial charge < -0.3 is 4.74 Å². The van der Waals surface area contributed by atoms with E-state index in [1.54, 1.807) is 36.4 Å². The van der Waals surface area contributed by atoms with Crippen LogP contribution in [0.5, 0.6) is 0 Å². The molecule has 0 aliphatic heterocycles. The fourth-order valence-electron chi connectivity index (χ4n) is 2.69. The van der Waals surface area contributed by atoms with Crippen LogP contribution in [-0.4, -0.2) is 42.6 Å². The number of hydrogen-bond donors (Lipinski definition) is 1. The molecule has 0 bridgehead atoms. The molecule has 1 aromatic carbocycles. The Morgan fingerprint density at radius 3 is 2.58 bits per heavy atom. The second kappa shape index (κ2) is 8.21. The van der Waals surface area contributed by atoms with Gasteiger partial charge in [0.1, 0.15) is 11.6 Å². The number of carbonyl (C=O) groups is 1. The molecule has 152 valence electrons. The Labute approximate surface area is 174 Å². The number of nitrogens with zero attached hydrogens (tertiary/aromatic N) is 8. The smallest absolute Gasteiger partial charge is 0.358 e. The molecule has 12 heteroatoms. The SMILES string of the molecule is COC(=O)c1[nH]n(-c2ccccc2)c(=O)c1N=Nc1c(C#N)cnn1-c1ncccn1. The quantitative estimate of drug-likeness (QED) is 0.387. The highest BCUT2D eigenvalue weighted by Gasteiger charge is 2.22. The van der Waals surface area contributed by atoms with E-state index in [2.05, 4.69) is 30.4 Å². The van der Waals surface area contributed by atoms with E-state index in [0.717, 1.165) is 4.68 Å². The second-order valence-electron chi connectivity index (χ2n) is 5.96. The lowest BCUT2D eigenvalue weighted by molar-refractivity contribution is 0.0594. The van der Waals surface area contributed by atoms with E-state index in [4.69, 9.17) is 4.74 Å². The van der Waals surface area contributed by atoms with Crippen molar-refractivity contribution in [3.63, 3.8) is 0 Å². The van der Waals surface area contributed by atoms with Crippen molar-refractivity contribution >= 4 is 17.5 Å². The average molecular weight is 415 g/mol. The van der Waals surface area contributed by atoms with E-state index in [-0.39, 0.29) is 28.7 Å². The first-order valence-electron chi connectivity index (χ1n) is 8.80. The van der Waals surface area contributed by atoms with Crippen LogP contribution in [0.4, 0.5) is 11.5 Å². The summed E-state index contributed by atoms with van der Waals surface area (Å²) in [7, 11) is 1.18. The second-order valence-corrected chi connectivity index (χ2v) is 5.96. The molecule has 4 aromatic rings. The van der Waals surface area contributed by atoms with E-state index in [0.29, 0.717) is 5.69 Å². The van der Waals surface area contributed by atoms with Crippen LogP contribution in [0.2, 0.25) is 0 Å². The van der Waals surface area contributed by atoms with Crippen LogP contribution < -0.4 is 5.56 Å². The van der Waals surface area contributed by atoms with E-state index in [9.17, 15) is 14.9 Å². The van der Waals surface area contributed by atoms with Gasteiger partial charge in [-0.05, 0) is 18.2 Å². The maximum Gasteiger partial charge on any atom is 0.358 e. The van der Waals surface area contributed by atoms with E-state index in [1.807, 2.05) is 6.07 Å². The Balaban J connectivity index is 1.85. The monoisotopic (exact) mass is 415 g/mol. The molecule has 1 N–H and O–H groups in total. The fourth-order valence-corrected chi connectivity index (χ4v) is 2.69. The van der Waals surface area contributed by atoms with Crippen molar-refractivity contribution in [2.45, 2.75) is 0 Å². The average Bonchev–Trinajstić information content (AvgIpc) is 3.38. The number of aromatic amines is 1. The molecule has 0 aliphatic carbocycles. The number of nitriles is 1. The number of azo groups is 1. The first-order valence-corrected chi connectivity index (χ1v) is 8.80. The molecule has 0 saturated heterocycles. The standard InChI is InChI=1S/C19H13N9O3/c1-31-18(30)15-14(17(29)27(26-15)13-6-3-2-4-7-13)24-25-16-12(10-20)11-23-28(16)19-21-8-5-9-22-19/h2-9,11,26H,1H3. The molecule has 0 fully saturated rings. The molecule has 12 nitrogen and oxygen atoms in total. The van der Waals surface area contributed by atoms with Gasteiger partial charge in [0.25, 0.3) is 11.5 Å². The molecule has 0 saturated carbocycles. The maximum atomic E-state index is 12.9. The highest BCUT2D eigenvalue weighted by atomic mass is 16.5. The molecule has 0 radical (unpaired) electrons. The van der Waals surface area contributed by atoms with E-state index in [1.165, 1.54) is 30.4 Å². The molecule has 0 amide bonds. The van der Waals surface area contributed by atoms with Gasteiger partial charge in [0.05, 0.1) is 19.0 Å². The molecule has 0 unspecified atom stereocenters. The van der Waals surface area contributed by atoms with Gasteiger partial charge >= 0.3 is 5.97 Å². The summed E-state index contributed by atoms with van der Waals surface area (Å²) >= 11 is 0. The molecule has 4 rings (SSSR count). The summed E-state index contributed by atoms with van der Waals surface area (Å²) in [5, 5.41) is 24.1. The Bertz CT molecular complexity index is 1360. The number of aromatic nitrogens is 6. The van der Waals surface area contributed by atoms with E-state index < -0.39 is 11.5 Å². The summed E-state index contributed by atoms with van der Waals surface area (Å²) in [5.74, 6) is -0.653. The first kappa shape index (κ1) is 19.4. The normalized spacial score (nSPS) is 10.8. The predicted octanol–water partition coefficient (Wildman–Crippen LogP) is 2.21. The molecule has 0 spiro atoms. The van der Waals surface area contributed by atoms with Gasteiger partial charge in [0.2, 0.25) is 0 Å². The van der Waals surface area contributed by atoms with Gasteiger partial charge in [-0.25, -0.2) is 19.4 Å². The number of carbonyl (C=O) groups excluding carboxylic acids is 1. The van der Waals surface area contributed by atoms with Crippen LogP contribution in [0.25, 0.3) is 11.6 Å². The summed E-state index contributed by atoms with van der Waals surface area (Å²) in [6.07, 6.45) is 4.26. The number of hydrogen-bond acceptors (Lipinski definition) is 9. The maximum absolute atomic E-state index is 12.9. The number of H-pyrrole nitrogens is 1. The number of methoxy groups -OCH3 is 1. The van der Waals surface area contributed by atoms with Gasteiger partial charge in [0, 0.05) is 12.4 Å². The van der Waals surface area contributed by atoms with Crippen molar-refractivity contribution in [3.05, 3.63) is 76.6 Å². The Kier molecular flexibility index (Phi) is 5.14. The molecule has 31 heavy (non-hydrogen) atoms. The topological polar surface area (TPSA) is 156 Å². The minimum absolute atomic E-state index is 0.00335. The number of ether oxygens (including phenoxy) is 1.